The second-order valence-electron chi connectivity index (χ2n) is 10.4. The smallest absolute Gasteiger partial charge is 0.350 e. The molecule has 0 spiro atoms. The summed E-state index contributed by atoms with van der Waals surface area (Å²) in [6.45, 7) is 5.81. The maximum atomic E-state index is 13.9. The zero-order chi connectivity index (χ0) is 30.6. The lowest BCUT2D eigenvalue weighted by Gasteiger charge is -2.33. The number of nitrogens with zero attached hydrogens (tertiary/aromatic N) is 2. The van der Waals surface area contributed by atoms with E-state index in [0.29, 0.717) is 21.0 Å². The molecule has 0 saturated carbocycles. The zero-order valence-corrected chi connectivity index (χ0v) is 24.5. The molecular formula is C29H31ClF3N3O4S. The summed E-state index contributed by atoms with van der Waals surface area (Å²) in [5, 5.41) is 3.19. The number of hydrogen-bond donors (Lipinski definition) is 1. The standard InChI is InChI=1S/C29H31ClF3N3O4S/c1-20(27(38)34-28(2,3)4)35(18-21-10-8-12-23(30)16-21)26(37)19-36(41(39,40)25-14-6-5-7-15-25)24-13-9-11-22(17-24)29(31,32)33/h5-17,20H,18-19H2,1-4H3,(H,34,38)/t20-/m1/s1. The van der Waals surface area contributed by atoms with Crippen molar-refractivity contribution in [2.24, 2.45) is 0 Å². The number of carbonyl (C=O) groups is 2. The summed E-state index contributed by atoms with van der Waals surface area (Å²) in [6, 6.07) is 16.3. The number of sulfonamides is 1. The van der Waals surface area contributed by atoms with Gasteiger partial charge in [0.2, 0.25) is 11.8 Å². The summed E-state index contributed by atoms with van der Waals surface area (Å²) < 4.78 is 68.7. The average molecular weight is 610 g/mol. The number of alkyl halides is 3. The highest BCUT2D eigenvalue weighted by atomic mass is 35.5. The largest absolute Gasteiger partial charge is 0.416 e. The number of anilines is 1. The van der Waals surface area contributed by atoms with Crippen LogP contribution in [0.5, 0.6) is 0 Å². The van der Waals surface area contributed by atoms with Crippen molar-refractivity contribution in [3.63, 3.8) is 0 Å². The number of nitrogens with one attached hydrogen (secondary N) is 1. The van der Waals surface area contributed by atoms with Gasteiger partial charge in [0.05, 0.1) is 16.1 Å². The third-order valence-corrected chi connectivity index (χ3v) is 8.00. The molecule has 220 valence electrons. The van der Waals surface area contributed by atoms with E-state index >= 15 is 0 Å². The first kappa shape index (κ1) is 32.0. The minimum atomic E-state index is -4.75. The summed E-state index contributed by atoms with van der Waals surface area (Å²) in [4.78, 5) is 27.9. The van der Waals surface area contributed by atoms with Gasteiger partial charge in [-0.05, 0) is 75.7 Å². The molecule has 0 aliphatic carbocycles. The van der Waals surface area contributed by atoms with Gasteiger partial charge in [0, 0.05) is 17.1 Å². The van der Waals surface area contributed by atoms with Crippen LogP contribution in [0.1, 0.15) is 38.8 Å². The number of rotatable bonds is 9. The van der Waals surface area contributed by atoms with Crippen LogP contribution < -0.4 is 9.62 Å². The van der Waals surface area contributed by atoms with Crippen LogP contribution >= 0.6 is 11.6 Å². The van der Waals surface area contributed by atoms with Crippen LogP contribution in [0.3, 0.4) is 0 Å². The van der Waals surface area contributed by atoms with Gasteiger partial charge in [-0.15, -0.1) is 0 Å². The Labute approximate surface area is 243 Å². The van der Waals surface area contributed by atoms with Gasteiger partial charge in [-0.2, -0.15) is 13.2 Å². The lowest BCUT2D eigenvalue weighted by atomic mass is 10.1. The fraction of sp³-hybridized carbons (Fsp3) is 0.310. The number of halogens is 4. The van der Waals surface area contributed by atoms with E-state index in [4.69, 9.17) is 11.6 Å². The van der Waals surface area contributed by atoms with Crippen molar-refractivity contribution >= 4 is 39.1 Å². The normalized spacial score (nSPS) is 12.9. The lowest BCUT2D eigenvalue weighted by Crippen LogP contribution is -2.54. The fourth-order valence-electron chi connectivity index (χ4n) is 3.97. The first-order chi connectivity index (χ1) is 19.0. The van der Waals surface area contributed by atoms with Gasteiger partial charge in [-0.1, -0.05) is 48.0 Å². The molecule has 3 rings (SSSR count). The van der Waals surface area contributed by atoms with Gasteiger partial charge in [0.1, 0.15) is 12.6 Å². The zero-order valence-electron chi connectivity index (χ0n) is 22.9. The Hall–Kier alpha value is -3.57. The summed E-state index contributed by atoms with van der Waals surface area (Å²) in [5.74, 6) is -1.30. The van der Waals surface area contributed by atoms with Crippen LogP contribution in [0.2, 0.25) is 5.02 Å². The summed E-state index contributed by atoms with van der Waals surface area (Å²) in [7, 11) is -4.50. The van der Waals surface area contributed by atoms with Crippen molar-refractivity contribution in [3.8, 4) is 0 Å². The van der Waals surface area contributed by atoms with Gasteiger partial charge in [0.25, 0.3) is 10.0 Å². The lowest BCUT2D eigenvalue weighted by molar-refractivity contribution is -0.140. The molecule has 0 aliphatic heterocycles. The van der Waals surface area contributed by atoms with Crippen molar-refractivity contribution in [1.82, 2.24) is 10.2 Å². The maximum absolute atomic E-state index is 13.9. The third kappa shape index (κ3) is 8.46. The second kappa shape index (κ2) is 12.5. The highest BCUT2D eigenvalue weighted by Crippen LogP contribution is 2.33. The molecule has 12 heteroatoms. The predicted molar refractivity (Wildman–Crippen MR) is 152 cm³/mol. The SMILES string of the molecule is C[C@H](C(=O)NC(C)(C)C)N(Cc1cccc(Cl)c1)C(=O)CN(c1cccc(C(F)(F)F)c1)S(=O)(=O)c1ccccc1. The average Bonchev–Trinajstić information content (AvgIpc) is 2.89. The first-order valence-corrected chi connectivity index (χ1v) is 14.4. The van der Waals surface area contributed by atoms with E-state index in [-0.39, 0.29) is 17.1 Å². The van der Waals surface area contributed by atoms with Gasteiger partial charge in [-0.25, -0.2) is 8.42 Å². The second-order valence-corrected chi connectivity index (χ2v) is 12.7. The highest BCUT2D eigenvalue weighted by molar-refractivity contribution is 7.92. The van der Waals surface area contributed by atoms with E-state index in [1.165, 1.54) is 42.2 Å². The van der Waals surface area contributed by atoms with E-state index in [2.05, 4.69) is 5.32 Å². The quantitative estimate of drug-likeness (QED) is 0.328. The van der Waals surface area contributed by atoms with Crippen LogP contribution in [-0.2, 0) is 32.3 Å². The molecule has 0 aliphatic rings. The van der Waals surface area contributed by atoms with Crippen LogP contribution in [0.25, 0.3) is 0 Å². The number of benzene rings is 3. The van der Waals surface area contributed by atoms with Gasteiger partial charge in [0.15, 0.2) is 0 Å². The van der Waals surface area contributed by atoms with E-state index in [1.54, 1.807) is 51.1 Å². The fourth-order valence-corrected chi connectivity index (χ4v) is 5.61. The van der Waals surface area contributed by atoms with E-state index in [1.807, 2.05) is 0 Å². The molecule has 3 aromatic carbocycles. The minimum absolute atomic E-state index is 0.111. The van der Waals surface area contributed by atoms with Crippen molar-refractivity contribution in [3.05, 3.63) is 95.0 Å². The molecule has 0 aromatic heterocycles. The molecule has 1 N–H and O–H groups in total. The molecule has 41 heavy (non-hydrogen) atoms. The Morgan fingerprint density at radius 3 is 2.15 bits per heavy atom. The van der Waals surface area contributed by atoms with Crippen molar-refractivity contribution in [2.75, 3.05) is 10.8 Å². The third-order valence-electron chi connectivity index (χ3n) is 5.98. The van der Waals surface area contributed by atoms with Crippen LogP contribution in [-0.4, -0.2) is 43.3 Å². The molecule has 0 fully saturated rings. The van der Waals surface area contributed by atoms with E-state index in [9.17, 15) is 31.2 Å². The van der Waals surface area contributed by atoms with Crippen molar-refractivity contribution in [2.45, 2.75) is 56.9 Å². The highest BCUT2D eigenvalue weighted by Gasteiger charge is 2.35. The number of carbonyl (C=O) groups excluding carboxylic acids is 2. The summed E-state index contributed by atoms with van der Waals surface area (Å²) in [6.07, 6.45) is -4.75. The molecule has 3 aromatic rings. The summed E-state index contributed by atoms with van der Waals surface area (Å²) >= 11 is 6.12. The van der Waals surface area contributed by atoms with Gasteiger partial charge < -0.3 is 10.2 Å². The maximum Gasteiger partial charge on any atom is 0.416 e. The Morgan fingerprint density at radius 2 is 1.56 bits per heavy atom. The minimum Gasteiger partial charge on any atom is -0.350 e. The van der Waals surface area contributed by atoms with E-state index < -0.39 is 51.7 Å². The predicted octanol–water partition coefficient (Wildman–Crippen LogP) is 5.89. The topological polar surface area (TPSA) is 86.8 Å². The van der Waals surface area contributed by atoms with Crippen LogP contribution in [0.15, 0.2) is 83.8 Å². The Morgan fingerprint density at radius 1 is 0.927 bits per heavy atom. The molecule has 0 saturated heterocycles. The Balaban J connectivity index is 2.09. The van der Waals surface area contributed by atoms with Gasteiger partial charge in [-0.3, -0.25) is 13.9 Å². The van der Waals surface area contributed by atoms with E-state index in [0.717, 1.165) is 12.1 Å². The number of amides is 2. The van der Waals surface area contributed by atoms with Gasteiger partial charge >= 0.3 is 6.18 Å². The molecular weight excluding hydrogens is 579 g/mol. The molecule has 0 bridgehead atoms. The molecule has 1 atom stereocenters. The first-order valence-electron chi connectivity index (χ1n) is 12.6. The number of hydrogen-bond acceptors (Lipinski definition) is 4. The Bertz CT molecular complexity index is 1490. The molecule has 0 radical (unpaired) electrons. The summed E-state index contributed by atoms with van der Waals surface area (Å²) in [5.41, 5.74) is -1.50. The van der Waals surface area contributed by atoms with Crippen LogP contribution in [0, 0.1) is 0 Å². The monoisotopic (exact) mass is 609 g/mol. The van der Waals surface area contributed by atoms with Crippen molar-refractivity contribution in [1.29, 1.82) is 0 Å². The molecule has 0 heterocycles. The molecule has 7 nitrogen and oxygen atoms in total. The molecule has 2 amide bonds. The molecule has 0 unspecified atom stereocenters. The van der Waals surface area contributed by atoms with Crippen LogP contribution in [0.4, 0.5) is 18.9 Å². The Kier molecular flexibility index (Phi) is 9.76. The van der Waals surface area contributed by atoms with Crippen molar-refractivity contribution < 1.29 is 31.2 Å².